The normalized spacial score (nSPS) is 24.9. The fourth-order valence-electron chi connectivity index (χ4n) is 2.06. The molecule has 0 bridgehead atoms. The minimum Gasteiger partial charge on any atom is -0.479 e. The van der Waals surface area contributed by atoms with Crippen LogP contribution in [-0.4, -0.2) is 16.2 Å². The summed E-state index contributed by atoms with van der Waals surface area (Å²) >= 11 is 0. The number of fused-ring (bicyclic) bond motifs is 1. The molecule has 0 radical (unpaired) electrons. The number of aliphatic hydroxyl groups is 1. The first-order valence-electron chi connectivity index (χ1n) is 5.15. The molecule has 82 valence electrons. The van der Waals surface area contributed by atoms with Crippen molar-refractivity contribution in [1.82, 2.24) is 0 Å². The van der Waals surface area contributed by atoms with Gasteiger partial charge in [-0.15, -0.1) is 0 Å². The molecular weight excluding hydrogens is 196 g/mol. The van der Waals surface area contributed by atoms with Gasteiger partial charge < -0.3 is 14.6 Å². The predicted molar refractivity (Wildman–Crippen MR) is 52.6 cm³/mol. The summed E-state index contributed by atoms with van der Waals surface area (Å²) in [6, 6.07) is 1.67. The van der Waals surface area contributed by atoms with Crippen molar-refractivity contribution < 1.29 is 19.4 Å². The number of furan rings is 1. The van der Waals surface area contributed by atoms with Gasteiger partial charge in [0.1, 0.15) is 11.5 Å². The summed E-state index contributed by atoms with van der Waals surface area (Å²) in [7, 11) is 0. The Kier molecular flexibility index (Phi) is 2.31. The molecule has 15 heavy (non-hydrogen) atoms. The summed E-state index contributed by atoms with van der Waals surface area (Å²) in [5.74, 6) is 0.177. The first-order valence-corrected chi connectivity index (χ1v) is 5.15. The summed E-state index contributed by atoms with van der Waals surface area (Å²) in [6.07, 6.45) is 2.33. The van der Waals surface area contributed by atoms with Crippen molar-refractivity contribution in [3.8, 4) is 0 Å². The number of carboxylic acids is 1. The Balaban J connectivity index is 2.50. The lowest BCUT2D eigenvalue weighted by molar-refractivity contribution is -0.161. The van der Waals surface area contributed by atoms with Gasteiger partial charge >= 0.3 is 5.97 Å². The second-order valence-corrected chi connectivity index (χ2v) is 3.92. The number of hydrogen-bond donors (Lipinski definition) is 2. The predicted octanol–water partition coefficient (Wildman–Crippen LogP) is 1.45. The fraction of sp³-hybridized carbons (Fsp3) is 0.545. The van der Waals surface area contributed by atoms with E-state index in [1.165, 1.54) is 0 Å². The molecule has 1 aromatic rings. The van der Waals surface area contributed by atoms with E-state index in [0.29, 0.717) is 30.6 Å². The fourth-order valence-corrected chi connectivity index (χ4v) is 2.06. The van der Waals surface area contributed by atoms with Gasteiger partial charge in [0.25, 0.3) is 0 Å². The van der Waals surface area contributed by atoms with Crippen molar-refractivity contribution in [1.29, 1.82) is 0 Å². The van der Waals surface area contributed by atoms with E-state index >= 15 is 0 Å². The van der Waals surface area contributed by atoms with E-state index in [1.54, 1.807) is 6.07 Å². The topological polar surface area (TPSA) is 70.7 Å². The Hall–Kier alpha value is -1.29. The third-order valence-corrected chi connectivity index (χ3v) is 2.95. The van der Waals surface area contributed by atoms with E-state index in [9.17, 15) is 9.90 Å². The maximum Gasteiger partial charge on any atom is 0.340 e. The van der Waals surface area contributed by atoms with E-state index < -0.39 is 11.6 Å². The van der Waals surface area contributed by atoms with Crippen molar-refractivity contribution in [3.05, 3.63) is 23.2 Å². The van der Waals surface area contributed by atoms with E-state index in [4.69, 9.17) is 9.52 Å². The van der Waals surface area contributed by atoms with Gasteiger partial charge in [0.05, 0.1) is 0 Å². The maximum atomic E-state index is 11.0. The molecule has 4 heteroatoms. The van der Waals surface area contributed by atoms with Crippen molar-refractivity contribution in [2.45, 2.75) is 38.2 Å². The minimum atomic E-state index is -1.75. The number of carboxylic acid groups (broad SMARTS) is 1. The highest BCUT2D eigenvalue weighted by Gasteiger charge is 2.43. The molecule has 4 nitrogen and oxygen atoms in total. The number of aliphatic carboxylic acids is 1. The molecule has 1 atom stereocenters. The second-order valence-electron chi connectivity index (χ2n) is 3.92. The lowest BCUT2D eigenvalue weighted by Crippen LogP contribution is -2.38. The maximum absolute atomic E-state index is 11.0. The first kappa shape index (κ1) is 10.2. The van der Waals surface area contributed by atoms with Crippen LogP contribution in [0.4, 0.5) is 0 Å². The van der Waals surface area contributed by atoms with Crippen LogP contribution in [0.2, 0.25) is 0 Å². The van der Waals surface area contributed by atoms with Crippen LogP contribution in [0.3, 0.4) is 0 Å². The quantitative estimate of drug-likeness (QED) is 0.775. The van der Waals surface area contributed by atoms with Crippen LogP contribution < -0.4 is 0 Å². The molecule has 0 spiro atoms. The van der Waals surface area contributed by atoms with E-state index in [-0.39, 0.29) is 6.42 Å². The molecule has 2 N–H and O–H groups in total. The molecule has 0 aliphatic heterocycles. The van der Waals surface area contributed by atoms with Gasteiger partial charge in [-0.25, -0.2) is 4.79 Å². The number of aryl methyl sites for hydroxylation is 2. The zero-order chi connectivity index (χ0) is 11.1. The molecule has 2 rings (SSSR count). The van der Waals surface area contributed by atoms with Gasteiger partial charge in [0.15, 0.2) is 5.60 Å². The standard InChI is InChI=1S/C11H14O4/c1-2-7-6-8-9(15-7)4-3-5-11(8,14)10(12)13/h6,14H,2-5H2,1H3,(H,12,13). The summed E-state index contributed by atoms with van der Waals surface area (Å²) in [4.78, 5) is 11.0. The third-order valence-electron chi connectivity index (χ3n) is 2.95. The molecule has 0 amide bonds. The Bertz CT molecular complexity index is 393. The van der Waals surface area contributed by atoms with Crippen LogP contribution >= 0.6 is 0 Å². The summed E-state index contributed by atoms with van der Waals surface area (Å²) in [6.45, 7) is 1.93. The number of hydrogen-bond acceptors (Lipinski definition) is 3. The largest absolute Gasteiger partial charge is 0.479 e. The highest BCUT2D eigenvalue weighted by molar-refractivity contribution is 5.79. The molecule has 1 aromatic heterocycles. The molecule has 1 aliphatic carbocycles. The monoisotopic (exact) mass is 210 g/mol. The van der Waals surface area contributed by atoms with Gasteiger partial charge in [-0.2, -0.15) is 0 Å². The Labute approximate surface area is 87.5 Å². The lowest BCUT2D eigenvalue weighted by Gasteiger charge is -2.26. The van der Waals surface area contributed by atoms with Crippen LogP contribution in [0.5, 0.6) is 0 Å². The van der Waals surface area contributed by atoms with Gasteiger partial charge in [-0.05, 0) is 18.9 Å². The van der Waals surface area contributed by atoms with E-state index in [0.717, 1.165) is 5.76 Å². The average molecular weight is 210 g/mol. The highest BCUT2D eigenvalue weighted by atomic mass is 16.4. The van der Waals surface area contributed by atoms with Crippen LogP contribution in [0.25, 0.3) is 0 Å². The van der Waals surface area contributed by atoms with Gasteiger partial charge in [-0.1, -0.05) is 6.92 Å². The van der Waals surface area contributed by atoms with Crippen LogP contribution in [0.15, 0.2) is 10.5 Å². The lowest BCUT2D eigenvalue weighted by atomic mass is 9.83. The van der Waals surface area contributed by atoms with Crippen molar-refractivity contribution in [2.75, 3.05) is 0 Å². The van der Waals surface area contributed by atoms with E-state index in [2.05, 4.69) is 0 Å². The Morgan fingerprint density at radius 1 is 1.67 bits per heavy atom. The summed E-state index contributed by atoms with van der Waals surface area (Å²) in [5.41, 5.74) is -1.30. The van der Waals surface area contributed by atoms with E-state index in [1.807, 2.05) is 6.92 Å². The van der Waals surface area contributed by atoms with Gasteiger partial charge in [-0.3, -0.25) is 0 Å². The summed E-state index contributed by atoms with van der Waals surface area (Å²) < 4.78 is 5.48. The van der Waals surface area contributed by atoms with Crippen LogP contribution in [0.1, 0.15) is 36.8 Å². The molecule has 1 unspecified atom stereocenters. The molecule has 0 saturated heterocycles. The SMILES string of the molecule is CCc1cc2c(o1)CCCC2(O)C(=O)O. The smallest absolute Gasteiger partial charge is 0.340 e. The van der Waals surface area contributed by atoms with Crippen molar-refractivity contribution in [2.24, 2.45) is 0 Å². The van der Waals surface area contributed by atoms with Crippen molar-refractivity contribution in [3.63, 3.8) is 0 Å². The minimum absolute atomic E-state index is 0.262. The molecule has 0 saturated carbocycles. The zero-order valence-electron chi connectivity index (χ0n) is 8.62. The van der Waals surface area contributed by atoms with Gasteiger partial charge in [0, 0.05) is 18.4 Å². The van der Waals surface area contributed by atoms with Gasteiger partial charge in [0.2, 0.25) is 0 Å². The molecule has 1 heterocycles. The first-order chi connectivity index (χ1) is 7.08. The number of carbonyl (C=O) groups is 1. The molecular formula is C11H14O4. The Morgan fingerprint density at radius 2 is 2.40 bits per heavy atom. The average Bonchev–Trinajstić information content (AvgIpc) is 2.62. The van der Waals surface area contributed by atoms with Crippen molar-refractivity contribution >= 4 is 5.97 Å². The summed E-state index contributed by atoms with van der Waals surface area (Å²) in [5, 5.41) is 19.1. The Morgan fingerprint density at radius 3 is 3.00 bits per heavy atom. The second kappa shape index (κ2) is 3.38. The van der Waals surface area contributed by atoms with Crippen LogP contribution in [-0.2, 0) is 23.2 Å². The highest BCUT2D eigenvalue weighted by Crippen LogP contribution is 2.37. The molecule has 1 aliphatic rings. The number of rotatable bonds is 2. The molecule has 0 fully saturated rings. The van der Waals surface area contributed by atoms with Crippen LogP contribution in [0, 0.1) is 0 Å². The zero-order valence-corrected chi connectivity index (χ0v) is 8.62. The molecule has 0 aromatic carbocycles. The third kappa shape index (κ3) is 1.45.